The van der Waals surface area contributed by atoms with E-state index in [1.165, 1.54) is 0 Å². The number of carbonyl (C=O) groups is 1. The second kappa shape index (κ2) is 4.57. The first-order valence-electron chi connectivity index (χ1n) is 5.48. The molecule has 1 heterocycles. The van der Waals surface area contributed by atoms with E-state index in [1.54, 1.807) is 22.9 Å². The van der Waals surface area contributed by atoms with Crippen molar-refractivity contribution in [2.24, 2.45) is 0 Å². The molecule has 2 aromatic rings. The van der Waals surface area contributed by atoms with Crippen LogP contribution >= 0.6 is 15.9 Å². The van der Waals surface area contributed by atoms with E-state index in [2.05, 4.69) is 21.0 Å². The largest absolute Gasteiger partial charge is 0.478 e. The van der Waals surface area contributed by atoms with Gasteiger partial charge in [-0.05, 0) is 54.4 Å². The van der Waals surface area contributed by atoms with Gasteiger partial charge < -0.3 is 5.11 Å². The number of benzene rings is 1. The molecular formula is C13H13BrN2O2. The Morgan fingerprint density at radius 1 is 1.33 bits per heavy atom. The zero-order valence-corrected chi connectivity index (χ0v) is 11.9. The molecule has 0 saturated carbocycles. The van der Waals surface area contributed by atoms with Crippen LogP contribution in [0.5, 0.6) is 0 Å². The van der Waals surface area contributed by atoms with Crippen molar-refractivity contribution in [3.63, 3.8) is 0 Å². The lowest BCUT2D eigenvalue weighted by molar-refractivity contribution is 0.0697. The molecule has 0 saturated heterocycles. The Bertz CT molecular complexity index is 632. The van der Waals surface area contributed by atoms with Crippen molar-refractivity contribution >= 4 is 21.9 Å². The van der Waals surface area contributed by atoms with E-state index in [0.717, 1.165) is 27.1 Å². The maximum absolute atomic E-state index is 11.0. The van der Waals surface area contributed by atoms with Crippen molar-refractivity contribution < 1.29 is 9.90 Å². The number of aromatic carboxylic acids is 1. The van der Waals surface area contributed by atoms with E-state index in [0.29, 0.717) is 0 Å². The molecule has 0 radical (unpaired) electrons. The van der Waals surface area contributed by atoms with Gasteiger partial charge in [0.2, 0.25) is 0 Å². The Balaban J connectivity index is 2.66. The highest BCUT2D eigenvalue weighted by Crippen LogP contribution is 2.25. The number of aryl methyl sites for hydroxylation is 2. The highest BCUT2D eigenvalue weighted by molar-refractivity contribution is 9.10. The molecule has 1 aromatic carbocycles. The van der Waals surface area contributed by atoms with Crippen LogP contribution in [-0.2, 0) is 0 Å². The highest BCUT2D eigenvalue weighted by Gasteiger charge is 2.13. The van der Waals surface area contributed by atoms with Crippen molar-refractivity contribution in [2.45, 2.75) is 20.8 Å². The molecule has 0 unspecified atom stereocenters. The second-order valence-corrected chi connectivity index (χ2v) is 5.00. The van der Waals surface area contributed by atoms with Gasteiger partial charge in [-0.15, -0.1) is 0 Å². The average molecular weight is 309 g/mol. The van der Waals surface area contributed by atoms with Gasteiger partial charge in [0, 0.05) is 0 Å². The van der Waals surface area contributed by atoms with Crippen molar-refractivity contribution in [2.75, 3.05) is 0 Å². The summed E-state index contributed by atoms with van der Waals surface area (Å²) in [6, 6.07) is 5.04. The molecule has 0 spiro atoms. The van der Waals surface area contributed by atoms with Gasteiger partial charge in [-0.3, -0.25) is 0 Å². The average Bonchev–Trinajstić information content (AvgIpc) is 2.57. The first kappa shape index (κ1) is 12.8. The fraction of sp³-hybridized carbons (Fsp3) is 0.231. The van der Waals surface area contributed by atoms with Gasteiger partial charge in [0.25, 0.3) is 0 Å². The molecule has 1 aromatic heterocycles. The number of hydrogen-bond acceptors (Lipinski definition) is 2. The number of rotatable bonds is 2. The number of aromatic nitrogens is 2. The smallest absolute Gasteiger partial charge is 0.335 e. The topological polar surface area (TPSA) is 55.1 Å². The van der Waals surface area contributed by atoms with E-state index >= 15 is 0 Å². The number of carboxylic acids is 1. The van der Waals surface area contributed by atoms with Crippen LogP contribution in [-0.4, -0.2) is 20.9 Å². The predicted molar refractivity (Wildman–Crippen MR) is 72.4 cm³/mol. The number of hydrogen-bond donors (Lipinski definition) is 1. The van der Waals surface area contributed by atoms with E-state index in [1.807, 2.05) is 20.8 Å². The van der Waals surface area contributed by atoms with Gasteiger partial charge in [-0.1, -0.05) is 6.07 Å². The maximum atomic E-state index is 11.0. The van der Waals surface area contributed by atoms with E-state index in [9.17, 15) is 4.79 Å². The minimum atomic E-state index is -0.933. The lowest BCUT2D eigenvalue weighted by Crippen LogP contribution is -2.05. The molecule has 0 bridgehead atoms. The molecule has 0 aliphatic carbocycles. The normalized spacial score (nSPS) is 10.7. The predicted octanol–water partition coefficient (Wildman–Crippen LogP) is 3.26. The van der Waals surface area contributed by atoms with Gasteiger partial charge in [-0.2, -0.15) is 5.10 Å². The van der Waals surface area contributed by atoms with Crippen LogP contribution in [0.2, 0.25) is 0 Å². The van der Waals surface area contributed by atoms with Crippen LogP contribution < -0.4 is 0 Å². The molecule has 1 N–H and O–H groups in total. The minimum Gasteiger partial charge on any atom is -0.478 e. The second-order valence-electron chi connectivity index (χ2n) is 4.20. The zero-order chi connectivity index (χ0) is 13.4. The summed E-state index contributed by atoms with van der Waals surface area (Å²) in [5.74, 6) is -0.933. The Labute approximate surface area is 113 Å². The van der Waals surface area contributed by atoms with Gasteiger partial charge >= 0.3 is 5.97 Å². The Morgan fingerprint density at radius 3 is 2.50 bits per heavy atom. The monoisotopic (exact) mass is 308 g/mol. The summed E-state index contributed by atoms with van der Waals surface area (Å²) in [6.07, 6.45) is 0. The highest BCUT2D eigenvalue weighted by atomic mass is 79.9. The van der Waals surface area contributed by atoms with Crippen LogP contribution in [0.4, 0.5) is 0 Å². The van der Waals surface area contributed by atoms with Crippen LogP contribution in [0.25, 0.3) is 5.69 Å². The third-order valence-electron chi connectivity index (χ3n) is 2.89. The van der Waals surface area contributed by atoms with Gasteiger partial charge in [0.05, 0.1) is 27.1 Å². The third-order valence-corrected chi connectivity index (χ3v) is 4.03. The third kappa shape index (κ3) is 2.06. The lowest BCUT2D eigenvalue weighted by Gasteiger charge is -2.09. The van der Waals surface area contributed by atoms with Gasteiger partial charge in [-0.25, -0.2) is 9.48 Å². The quantitative estimate of drug-likeness (QED) is 0.926. The van der Waals surface area contributed by atoms with Crippen molar-refractivity contribution in [3.05, 3.63) is 45.2 Å². The van der Waals surface area contributed by atoms with Crippen molar-refractivity contribution in [1.82, 2.24) is 9.78 Å². The molecular weight excluding hydrogens is 296 g/mol. The molecule has 5 heteroatoms. The summed E-state index contributed by atoms with van der Waals surface area (Å²) in [4.78, 5) is 11.0. The number of carboxylic acid groups (broad SMARTS) is 1. The fourth-order valence-electron chi connectivity index (χ4n) is 1.83. The van der Waals surface area contributed by atoms with Crippen molar-refractivity contribution in [3.8, 4) is 5.69 Å². The summed E-state index contributed by atoms with van der Waals surface area (Å²) in [7, 11) is 0. The van der Waals surface area contributed by atoms with Crippen LogP contribution in [0.15, 0.2) is 22.7 Å². The molecule has 0 atom stereocenters. The molecule has 18 heavy (non-hydrogen) atoms. The summed E-state index contributed by atoms with van der Waals surface area (Å²) < 4.78 is 2.71. The Hall–Kier alpha value is -1.62. The molecule has 0 amide bonds. The standard InChI is InChI=1S/C13H13BrN2O2/c1-7-4-5-10(13(17)18)6-11(7)16-9(3)12(14)8(2)15-16/h4-6H,1-3H3,(H,17,18). The first-order valence-corrected chi connectivity index (χ1v) is 6.27. The Morgan fingerprint density at radius 2 is 2.00 bits per heavy atom. The maximum Gasteiger partial charge on any atom is 0.335 e. The summed E-state index contributed by atoms with van der Waals surface area (Å²) in [6.45, 7) is 5.78. The Kier molecular flexibility index (Phi) is 3.26. The van der Waals surface area contributed by atoms with Crippen LogP contribution in [0.3, 0.4) is 0 Å². The van der Waals surface area contributed by atoms with Gasteiger partial charge in [0.15, 0.2) is 0 Å². The minimum absolute atomic E-state index is 0.263. The van der Waals surface area contributed by atoms with E-state index < -0.39 is 5.97 Å². The molecule has 0 aliphatic rings. The number of nitrogens with zero attached hydrogens (tertiary/aromatic N) is 2. The summed E-state index contributed by atoms with van der Waals surface area (Å²) >= 11 is 3.47. The lowest BCUT2D eigenvalue weighted by atomic mass is 10.1. The summed E-state index contributed by atoms with van der Waals surface area (Å²) in [5, 5.41) is 13.5. The zero-order valence-electron chi connectivity index (χ0n) is 10.4. The molecule has 2 rings (SSSR count). The van der Waals surface area contributed by atoms with Crippen molar-refractivity contribution in [1.29, 1.82) is 0 Å². The van der Waals surface area contributed by atoms with E-state index in [-0.39, 0.29) is 5.56 Å². The summed E-state index contributed by atoms with van der Waals surface area (Å²) in [5.41, 5.74) is 3.88. The SMILES string of the molecule is Cc1ccc(C(=O)O)cc1-n1nc(C)c(Br)c1C. The molecule has 4 nitrogen and oxygen atoms in total. The molecule has 0 fully saturated rings. The fourth-order valence-corrected chi connectivity index (χ4v) is 2.08. The van der Waals surface area contributed by atoms with Crippen LogP contribution in [0, 0.1) is 20.8 Å². The number of halogens is 1. The molecule has 0 aliphatic heterocycles. The van der Waals surface area contributed by atoms with E-state index in [4.69, 9.17) is 5.11 Å². The first-order chi connectivity index (χ1) is 8.41. The molecule has 94 valence electrons. The van der Waals surface area contributed by atoms with Crippen LogP contribution in [0.1, 0.15) is 27.3 Å². The van der Waals surface area contributed by atoms with Gasteiger partial charge in [0.1, 0.15) is 0 Å².